The molecule has 0 aliphatic heterocycles. The van der Waals surface area contributed by atoms with Crippen LogP contribution < -0.4 is 10.2 Å². The lowest BCUT2D eigenvalue weighted by Gasteiger charge is -2.15. The predicted octanol–water partition coefficient (Wildman–Crippen LogP) is 4.78. The van der Waals surface area contributed by atoms with Crippen LogP contribution in [0.4, 0.5) is 0 Å². The molecule has 29 heavy (non-hydrogen) atoms. The molecule has 0 atom stereocenters. The number of fused-ring (bicyclic) bond motifs is 1. The fourth-order valence-corrected chi connectivity index (χ4v) is 3.32. The molecule has 0 aliphatic carbocycles. The highest BCUT2D eigenvalue weighted by Gasteiger charge is 2.11. The van der Waals surface area contributed by atoms with Crippen molar-refractivity contribution in [1.82, 2.24) is 15.0 Å². The van der Waals surface area contributed by atoms with Crippen molar-refractivity contribution >= 4 is 16.9 Å². The number of hydroxylamine groups is 1. The van der Waals surface area contributed by atoms with Gasteiger partial charge in [-0.05, 0) is 55.8 Å². The van der Waals surface area contributed by atoms with Gasteiger partial charge in [-0.25, -0.2) is 4.98 Å². The lowest BCUT2D eigenvalue weighted by molar-refractivity contribution is 0.234. The van der Waals surface area contributed by atoms with Crippen LogP contribution in [0.3, 0.4) is 0 Å². The molecule has 0 unspecified atom stereocenters. The van der Waals surface area contributed by atoms with Crippen LogP contribution in [-0.4, -0.2) is 26.7 Å². The van der Waals surface area contributed by atoms with E-state index in [0.717, 1.165) is 33.6 Å². The number of hydrogen-bond donors (Lipinski definition) is 3. The Morgan fingerprint density at radius 3 is 2.69 bits per heavy atom. The van der Waals surface area contributed by atoms with Crippen LogP contribution in [0.1, 0.15) is 19.4 Å². The van der Waals surface area contributed by atoms with E-state index >= 15 is 0 Å². The van der Waals surface area contributed by atoms with Gasteiger partial charge in [0.1, 0.15) is 17.9 Å². The van der Waals surface area contributed by atoms with Crippen molar-refractivity contribution < 1.29 is 9.94 Å². The molecule has 0 fully saturated rings. The number of para-hydroxylation sites is 1. The van der Waals surface area contributed by atoms with Crippen molar-refractivity contribution in [2.45, 2.75) is 20.0 Å². The van der Waals surface area contributed by atoms with Gasteiger partial charge in [-0.3, -0.25) is 20.7 Å². The van der Waals surface area contributed by atoms with Gasteiger partial charge in [-0.15, -0.1) is 0 Å². The van der Waals surface area contributed by atoms with Crippen molar-refractivity contribution in [3.8, 4) is 22.6 Å². The van der Waals surface area contributed by atoms with Crippen LogP contribution in [0.25, 0.3) is 27.8 Å². The number of amidine groups is 1. The highest BCUT2D eigenvalue weighted by molar-refractivity contribution is 5.98. The van der Waals surface area contributed by atoms with E-state index in [4.69, 9.17) is 15.4 Å². The topological polar surface area (TPSA) is 83.2 Å². The SMILES string of the molecule is CC(C)Oc1ccccc1-c1cccc(-n2cnc3cc(C(=N)NO)ccc32)c1. The molecule has 4 rings (SSSR count). The number of imidazole rings is 1. The molecular weight excluding hydrogens is 364 g/mol. The van der Waals surface area contributed by atoms with E-state index in [1.165, 1.54) is 0 Å². The molecule has 3 aromatic carbocycles. The molecule has 0 aliphatic rings. The van der Waals surface area contributed by atoms with Gasteiger partial charge in [0.05, 0.1) is 17.1 Å². The summed E-state index contributed by atoms with van der Waals surface area (Å²) in [5, 5.41) is 16.7. The first-order valence-electron chi connectivity index (χ1n) is 9.39. The Morgan fingerprint density at radius 1 is 1.07 bits per heavy atom. The number of rotatable bonds is 5. The minimum atomic E-state index is -0.0646. The Balaban J connectivity index is 1.76. The van der Waals surface area contributed by atoms with Crippen molar-refractivity contribution in [2.75, 3.05) is 0 Å². The van der Waals surface area contributed by atoms with Gasteiger partial charge >= 0.3 is 0 Å². The monoisotopic (exact) mass is 386 g/mol. The summed E-state index contributed by atoms with van der Waals surface area (Å²) < 4.78 is 7.99. The maximum Gasteiger partial charge on any atom is 0.149 e. The quantitative estimate of drug-likeness (QED) is 0.262. The van der Waals surface area contributed by atoms with E-state index in [-0.39, 0.29) is 11.9 Å². The van der Waals surface area contributed by atoms with Gasteiger partial charge in [0.2, 0.25) is 0 Å². The van der Waals surface area contributed by atoms with E-state index < -0.39 is 0 Å². The Labute approximate surface area is 168 Å². The van der Waals surface area contributed by atoms with Crippen molar-refractivity contribution in [2.24, 2.45) is 0 Å². The number of nitrogens with zero attached hydrogens (tertiary/aromatic N) is 2. The van der Waals surface area contributed by atoms with Gasteiger partial charge in [0.25, 0.3) is 0 Å². The average molecular weight is 386 g/mol. The third kappa shape index (κ3) is 3.70. The Hall–Kier alpha value is -3.64. The van der Waals surface area contributed by atoms with Crippen LogP contribution in [-0.2, 0) is 0 Å². The molecule has 3 N–H and O–H groups in total. The van der Waals surface area contributed by atoms with E-state index in [0.29, 0.717) is 5.56 Å². The van der Waals surface area contributed by atoms with Crippen LogP contribution in [0, 0.1) is 5.41 Å². The summed E-state index contributed by atoms with van der Waals surface area (Å²) >= 11 is 0. The predicted molar refractivity (Wildman–Crippen MR) is 114 cm³/mol. The Bertz CT molecular complexity index is 1180. The van der Waals surface area contributed by atoms with Crippen LogP contribution in [0.2, 0.25) is 0 Å². The van der Waals surface area contributed by atoms with Gasteiger partial charge in [-0.2, -0.15) is 0 Å². The van der Waals surface area contributed by atoms with E-state index in [1.807, 2.05) is 60.3 Å². The fraction of sp³-hybridized carbons (Fsp3) is 0.130. The average Bonchev–Trinajstić information content (AvgIpc) is 3.16. The second-order valence-electron chi connectivity index (χ2n) is 7.02. The zero-order valence-corrected chi connectivity index (χ0v) is 16.3. The van der Waals surface area contributed by atoms with Crippen molar-refractivity contribution in [3.63, 3.8) is 0 Å². The minimum absolute atomic E-state index is 0.0646. The molecule has 1 heterocycles. The third-order valence-corrected chi connectivity index (χ3v) is 4.63. The molecule has 0 saturated carbocycles. The van der Waals surface area contributed by atoms with Gasteiger partial charge < -0.3 is 4.74 Å². The van der Waals surface area contributed by atoms with E-state index in [9.17, 15) is 0 Å². The third-order valence-electron chi connectivity index (χ3n) is 4.63. The second kappa shape index (κ2) is 7.77. The first-order valence-corrected chi connectivity index (χ1v) is 9.39. The summed E-state index contributed by atoms with van der Waals surface area (Å²) in [5.74, 6) is 0.792. The summed E-state index contributed by atoms with van der Waals surface area (Å²) in [7, 11) is 0. The van der Waals surface area contributed by atoms with E-state index in [2.05, 4.69) is 23.2 Å². The van der Waals surface area contributed by atoms with Gasteiger partial charge in [-0.1, -0.05) is 30.3 Å². The number of ether oxygens (including phenoxy) is 1. The highest BCUT2D eigenvalue weighted by atomic mass is 16.5. The van der Waals surface area contributed by atoms with Crippen LogP contribution >= 0.6 is 0 Å². The summed E-state index contributed by atoms with van der Waals surface area (Å²) in [4.78, 5) is 4.46. The molecule has 0 spiro atoms. The number of benzene rings is 3. The minimum Gasteiger partial charge on any atom is -0.490 e. The lowest BCUT2D eigenvalue weighted by atomic mass is 10.0. The Morgan fingerprint density at radius 2 is 1.90 bits per heavy atom. The normalized spacial score (nSPS) is 11.0. The maximum atomic E-state index is 8.95. The largest absolute Gasteiger partial charge is 0.490 e. The van der Waals surface area contributed by atoms with Gasteiger partial charge in [0.15, 0.2) is 0 Å². The lowest BCUT2D eigenvalue weighted by Crippen LogP contribution is -2.18. The maximum absolute atomic E-state index is 8.95. The smallest absolute Gasteiger partial charge is 0.149 e. The first kappa shape index (κ1) is 18.7. The number of aromatic nitrogens is 2. The molecule has 0 radical (unpaired) electrons. The van der Waals surface area contributed by atoms with E-state index in [1.54, 1.807) is 18.5 Å². The van der Waals surface area contributed by atoms with Crippen molar-refractivity contribution in [3.05, 3.63) is 78.6 Å². The van der Waals surface area contributed by atoms with Gasteiger partial charge in [0, 0.05) is 16.8 Å². The molecule has 6 nitrogen and oxygen atoms in total. The summed E-state index contributed by atoms with van der Waals surface area (Å²) in [6.07, 6.45) is 1.86. The molecule has 4 aromatic rings. The summed E-state index contributed by atoms with van der Waals surface area (Å²) in [6.45, 7) is 4.04. The molecule has 0 saturated heterocycles. The van der Waals surface area contributed by atoms with Crippen molar-refractivity contribution in [1.29, 1.82) is 5.41 Å². The molecule has 0 amide bonds. The molecule has 1 aromatic heterocycles. The Kier molecular flexibility index (Phi) is 5.01. The molecule has 146 valence electrons. The number of hydrogen-bond acceptors (Lipinski definition) is 4. The molecule has 0 bridgehead atoms. The van der Waals surface area contributed by atoms with Crippen LogP contribution in [0.15, 0.2) is 73.1 Å². The number of nitrogens with one attached hydrogen (secondary N) is 2. The molecular formula is C23H22N4O2. The highest BCUT2D eigenvalue weighted by Crippen LogP contribution is 2.32. The zero-order valence-electron chi connectivity index (χ0n) is 16.3. The summed E-state index contributed by atoms with van der Waals surface area (Å²) in [6, 6.07) is 21.7. The first-order chi connectivity index (χ1) is 14.1. The fourth-order valence-electron chi connectivity index (χ4n) is 3.32. The summed E-state index contributed by atoms with van der Waals surface area (Å²) in [5.41, 5.74) is 7.18. The standard InChI is InChI=1S/C23H22N4O2/c1-15(2)29-22-9-4-3-8-19(22)16-6-5-7-18(12-16)27-14-25-20-13-17(23(24)26-28)10-11-21(20)27/h3-15,28H,1-2H3,(H2,24,26). The molecule has 6 heteroatoms. The van der Waals surface area contributed by atoms with Crippen LogP contribution in [0.5, 0.6) is 5.75 Å². The second-order valence-corrected chi connectivity index (χ2v) is 7.02. The zero-order chi connectivity index (χ0) is 20.4.